The molecular weight excluding hydrogens is 212 g/mol. The number of ether oxygens (including phenoxy) is 1. The van der Waals surface area contributed by atoms with Gasteiger partial charge in [-0.1, -0.05) is 52.9 Å². The highest BCUT2D eigenvalue weighted by molar-refractivity contribution is 5.84. The van der Waals surface area contributed by atoms with Gasteiger partial charge in [-0.15, -0.1) is 0 Å². The third kappa shape index (κ3) is 4.79. The van der Waals surface area contributed by atoms with Crippen molar-refractivity contribution in [2.24, 2.45) is 11.3 Å². The molecule has 1 fully saturated rings. The Morgan fingerprint density at radius 2 is 1.82 bits per heavy atom. The lowest BCUT2D eigenvalue weighted by Crippen LogP contribution is -2.38. The molecule has 0 heterocycles. The molecule has 0 bridgehead atoms. The highest BCUT2D eigenvalue weighted by Gasteiger charge is 2.32. The zero-order chi connectivity index (χ0) is 12.9. The van der Waals surface area contributed by atoms with Crippen molar-refractivity contribution < 1.29 is 9.53 Å². The van der Waals surface area contributed by atoms with Gasteiger partial charge in [-0.3, -0.25) is 4.79 Å². The van der Waals surface area contributed by atoms with Gasteiger partial charge in [0.05, 0.1) is 0 Å². The quantitative estimate of drug-likeness (QED) is 0.726. The molecule has 100 valence electrons. The van der Waals surface area contributed by atoms with Crippen LogP contribution in [0.1, 0.15) is 66.2 Å². The van der Waals surface area contributed by atoms with Crippen LogP contribution in [0.2, 0.25) is 0 Å². The van der Waals surface area contributed by atoms with E-state index in [1.54, 1.807) is 0 Å². The molecule has 0 saturated heterocycles. The SMILES string of the molecule is CCOC(C(=O)CC1CCCCC1)C(C)(C)C. The van der Waals surface area contributed by atoms with Crippen molar-refractivity contribution in [1.82, 2.24) is 0 Å². The molecule has 1 unspecified atom stereocenters. The minimum atomic E-state index is -0.227. The number of ketones is 1. The number of carbonyl (C=O) groups excluding carboxylic acids is 1. The zero-order valence-electron chi connectivity index (χ0n) is 11.9. The first kappa shape index (κ1) is 14.7. The number of carbonyl (C=O) groups is 1. The number of hydrogen-bond acceptors (Lipinski definition) is 2. The Hall–Kier alpha value is -0.370. The van der Waals surface area contributed by atoms with Crippen molar-refractivity contribution in [3.05, 3.63) is 0 Å². The highest BCUT2D eigenvalue weighted by Crippen LogP contribution is 2.30. The van der Waals surface area contributed by atoms with Crippen LogP contribution in [0.5, 0.6) is 0 Å². The Bertz CT molecular complexity index is 234. The maximum atomic E-state index is 12.3. The van der Waals surface area contributed by atoms with Gasteiger partial charge in [0.1, 0.15) is 6.10 Å². The predicted molar refractivity (Wildman–Crippen MR) is 71.1 cm³/mol. The summed E-state index contributed by atoms with van der Waals surface area (Å²) in [6.07, 6.45) is 6.90. The van der Waals surface area contributed by atoms with Gasteiger partial charge in [0.15, 0.2) is 5.78 Å². The van der Waals surface area contributed by atoms with E-state index in [9.17, 15) is 4.79 Å². The first-order valence-corrected chi connectivity index (χ1v) is 7.09. The molecule has 0 aromatic heterocycles. The summed E-state index contributed by atoms with van der Waals surface area (Å²) in [7, 11) is 0. The van der Waals surface area contributed by atoms with Crippen LogP contribution in [0.15, 0.2) is 0 Å². The lowest BCUT2D eigenvalue weighted by atomic mass is 9.80. The fourth-order valence-electron chi connectivity index (χ4n) is 2.78. The van der Waals surface area contributed by atoms with Gasteiger partial charge in [-0.05, 0) is 18.3 Å². The molecular formula is C15H28O2. The number of Topliss-reactive ketones (excluding diaryl/α,β-unsaturated/α-hetero) is 1. The molecule has 2 nitrogen and oxygen atoms in total. The molecule has 0 amide bonds. The molecule has 0 aromatic rings. The van der Waals surface area contributed by atoms with Gasteiger partial charge in [-0.2, -0.15) is 0 Å². The minimum absolute atomic E-state index is 0.0816. The first-order valence-electron chi connectivity index (χ1n) is 7.09. The molecule has 1 aliphatic rings. The molecule has 1 saturated carbocycles. The molecule has 17 heavy (non-hydrogen) atoms. The second-order valence-electron chi connectivity index (χ2n) is 6.38. The van der Waals surface area contributed by atoms with E-state index in [-0.39, 0.29) is 11.5 Å². The molecule has 1 aliphatic carbocycles. The van der Waals surface area contributed by atoms with E-state index >= 15 is 0 Å². The molecule has 0 N–H and O–H groups in total. The summed E-state index contributed by atoms with van der Waals surface area (Å²) in [5, 5.41) is 0. The van der Waals surface area contributed by atoms with E-state index < -0.39 is 0 Å². The molecule has 0 spiro atoms. The van der Waals surface area contributed by atoms with Gasteiger partial charge in [0.2, 0.25) is 0 Å². The van der Waals surface area contributed by atoms with E-state index in [1.165, 1.54) is 32.1 Å². The topological polar surface area (TPSA) is 26.3 Å². The van der Waals surface area contributed by atoms with Crippen molar-refractivity contribution in [2.45, 2.75) is 72.3 Å². The van der Waals surface area contributed by atoms with Gasteiger partial charge < -0.3 is 4.74 Å². The molecule has 1 rings (SSSR count). The summed E-state index contributed by atoms with van der Waals surface area (Å²) < 4.78 is 5.66. The van der Waals surface area contributed by atoms with Gasteiger partial charge in [0.25, 0.3) is 0 Å². The van der Waals surface area contributed by atoms with Crippen molar-refractivity contribution in [2.75, 3.05) is 6.61 Å². The Labute approximate surface area is 106 Å². The fraction of sp³-hybridized carbons (Fsp3) is 0.933. The Balaban J connectivity index is 2.52. The lowest BCUT2D eigenvalue weighted by Gasteiger charge is -2.31. The van der Waals surface area contributed by atoms with E-state index in [2.05, 4.69) is 20.8 Å². The minimum Gasteiger partial charge on any atom is -0.370 e. The van der Waals surface area contributed by atoms with E-state index in [1.807, 2.05) is 6.92 Å². The van der Waals surface area contributed by atoms with E-state index in [4.69, 9.17) is 4.74 Å². The van der Waals surface area contributed by atoms with Crippen LogP contribution in [0, 0.1) is 11.3 Å². The van der Waals surface area contributed by atoms with Crippen molar-refractivity contribution in [3.63, 3.8) is 0 Å². The monoisotopic (exact) mass is 240 g/mol. The molecule has 1 atom stereocenters. The number of rotatable bonds is 5. The zero-order valence-corrected chi connectivity index (χ0v) is 11.9. The summed E-state index contributed by atoms with van der Waals surface area (Å²) in [4.78, 5) is 12.3. The Morgan fingerprint density at radius 1 is 1.24 bits per heavy atom. The summed E-state index contributed by atoms with van der Waals surface area (Å²) in [5.41, 5.74) is -0.0816. The summed E-state index contributed by atoms with van der Waals surface area (Å²) in [6.45, 7) is 8.86. The predicted octanol–water partition coefficient (Wildman–Crippen LogP) is 3.98. The van der Waals surface area contributed by atoms with Crippen LogP contribution < -0.4 is 0 Å². The average molecular weight is 240 g/mol. The van der Waals surface area contributed by atoms with Gasteiger partial charge in [0, 0.05) is 13.0 Å². The van der Waals surface area contributed by atoms with E-state index in [0.717, 1.165) is 6.42 Å². The first-order chi connectivity index (χ1) is 7.95. The van der Waals surface area contributed by atoms with E-state index in [0.29, 0.717) is 18.3 Å². The second-order valence-corrected chi connectivity index (χ2v) is 6.38. The van der Waals surface area contributed by atoms with Crippen LogP contribution in [0.4, 0.5) is 0 Å². The molecule has 0 aliphatic heterocycles. The van der Waals surface area contributed by atoms with Crippen LogP contribution in [-0.2, 0) is 9.53 Å². The largest absolute Gasteiger partial charge is 0.370 e. The summed E-state index contributed by atoms with van der Waals surface area (Å²) in [5.74, 6) is 0.924. The Morgan fingerprint density at radius 3 is 2.29 bits per heavy atom. The van der Waals surface area contributed by atoms with Crippen molar-refractivity contribution >= 4 is 5.78 Å². The second kappa shape index (κ2) is 6.53. The smallest absolute Gasteiger partial charge is 0.162 e. The average Bonchev–Trinajstić information content (AvgIpc) is 2.25. The fourth-order valence-corrected chi connectivity index (χ4v) is 2.78. The van der Waals surface area contributed by atoms with Crippen LogP contribution in [-0.4, -0.2) is 18.5 Å². The summed E-state index contributed by atoms with van der Waals surface area (Å²) >= 11 is 0. The third-order valence-corrected chi connectivity index (χ3v) is 3.63. The normalized spacial score (nSPS) is 20.2. The molecule has 2 heteroatoms. The van der Waals surface area contributed by atoms with Crippen LogP contribution >= 0.6 is 0 Å². The van der Waals surface area contributed by atoms with Crippen LogP contribution in [0.3, 0.4) is 0 Å². The molecule has 0 radical (unpaired) electrons. The Kier molecular flexibility index (Phi) is 5.64. The van der Waals surface area contributed by atoms with Crippen LogP contribution in [0.25, 0.3) is 0 Å². The van der Waals surface area contributed by atoms with Crippen molar-refractivity contribution in [1.29, 1.82) is 0 Å². The van der Waals surface area contributed by atoms with Gasteiger partial charge >= 0.3 is 0 Å². The summed E-state index contributed by atoms with van der Waals surface area (Å²) in [6, 6.07) is 0. The molecule has 0 aromatic carbocycles. The number of hydrogen-bond donors (Lipinski definition) is 0. The van der Waals surface area contributed by atoms with Crippen molar-refractivity contribution in [3.8, 4) is 0 Å². The third-order valence-electron chi connectivity index (χ3n) is 3.63. The standard InChI is InChI=1S/C15H28O2/c1-5-17-14(15(2,3)4)13(16)11-12-9-7-6-8-10-12/h12,14H,5-11H2,1-4H3. The lowest BCUT2D eigenvalue weighted by molar-refractivity contribution is -0.138. The van der Waals surface area contributed by atoms with Gasteiger partial charge in [-0.25, -0.2) is 0 Å². The maximum Gasteiger partial charge on any atom is 0.162 e. The highest BCUT2D eigenvalue weighted by atomic mass is 16.5. The maximum absolute atomic E-state index is 12.3.